The van der Waals surface area contributed by atoms with E-state index in [0.29, 0.717) is 5.71 Å². The van der Waals surface area contributed by atoms with Gasteiger partial charge in [0.05, 0.1) is 11.4 Å². The third-order valence-corrected chi connectivity index (χ3v) is 15.2. The van der Waals surface area contributed by atoms with E-state index in [9.17, 15) is 0 Å². The van der Waals surface area contributed by atoms with Crippen molar-refractivity contribution in [2.75, 3.05) is 0 Å². The normalized spacial score (nSPS) is 11.3. The van der Waals surface area contributed by atoms with Gasteiger partial charge < -0.3 is 4.42 Å². The predicted octanol–water partition coefficient (Wildman–Crippen LogP) is 19.8. The number of nitrogens with zero attached hydrogens (tertiary/aromatic N) is 4. The van der Waals surface area contributed by atoms with Crippen molar-refractivity contribution in [1.29, 1.82) is 0 Å². The molecule has 0 amide bonds. The maximum Gasteiger partial charge on any atom is 0.227 e. The first-order valence-corrected chi connectivity index (χ1v) is 27.0. The summed E-state index contributed by atoms with van der Waals surface area (Å²) in [5.41, 5.74) is 25.9. The molecule has 14 aromatic rings. The molecule has 0 aliphatic carbocycles. The summed E-state index contributed by atoms with van der Waals surface area (Å²) in [5, 5.41) is 1.96. The Bertz CT molecular complexity index is 4430. The van der Waals surface area contributed by atoms with Gasteiger partial charge >= 0.3 is 0 Å². The van der Waals surface area contributed by atoms with Crippen LogP contribution in [0.15, 0.2) is 290 Å². The molecule has 5 heterocycles. The van der Waals surface area contributed by atoms with Gasteiger partial charge in [0.15, 0.2) is 5.58 Å². The van der Waals surface area contributed by atoms with E-state index in [1.54, 1.807) is 0 Å². The fourth-order valence-corrected chi connectivity index (χ4v) is 11.3. The first kappa shape index (κ1) is 47.8. The van der Waals surface area contributed by atoms with Gasteiger partial charge in [0.1, 0.15) is 5.69 Å². The molecule has 5 heteroatoms. The fraction of sp³-hybridized carbons (Fsp3) is 0.0133. The molecular weight excluding hydrogens is 973 g/mol. The quantitative estimate of drug-likeness (QED) is 0.129. The highest BCUT2D eigenvalue weighted by atomic mass is 16.3. The fourth-order valence-electron chi connectivity index (χ4n) is 11.3. The Hall–Kier alpha value is -10.6. The summed E-state index contributed by atoms with van der Waals surface area (Å²) < 4.78 is 6.57. The van der Waals surface area contributed by atoms with Crippen LogP contribution in [-0.4, -0.2) is 19.9 Å². The van der Waals surface area contributed by atoms with Crippen LogP contribution in [0, 0.1) is 6.92 Å². The number of hydrogen-bond donors (Lipinski definition) is 0. The maximum atomic E-state index is 6.57. The van der Waals surface area contributed by atoms with Gasteiger partial charge in [0, 0.05) is 51.7 Å². The van der Waals surface area contributed by atoms with E-state index in [-0.39, 0.29) is 0 Å². The molecule has 0 N–H and O–H groups in total. The molecule has 0 aliphatic heterocycles. The number of benzene rings is 9. The average molecular weight is 1020 g/mol. The van der Waals surface area contributed by atoms with Crippen molar-refractivity contribution in [1.82, 2.24) is 19.9 Å². The van der Waals surface area contributed by atoms with Crippen LogP contribution < -0.4 is 0 Å². The Balaban J connectivity index is 0.963. The molecule has 80 heavy (non-hydrogen) atoms. The number of aromatic nitrogens is 4. The Labute approximate surface area is 464 Å². The smallest absolute Gasteiger partial charge is 0.227 e. The number of fused-ring (bicyclic) bond motifs is 3. The lowest BCUT2D eigenvalue weighted by atomic mass is 9.84. The number of furan rings is 1. The van der Waals surface area contributed by atoms with E-state index in [4.69, 9.17) is 14.4 Å². The predicted molar refractivity (Wildman–Crippen MR) is 329 cm³/mol. The lowest BCUT2D eigenvalue weighted by Gasteiger charge is -2.19. The minimum atomic E-state index is 0.611. The Morgan fingerprint density at radius 3 is 1.30 bits per heavy atom. The van der Waals surface area contributed by atoms with Gasteiger partial charge in [0.25, 0.3) is 0 Å². The molecule has 376 valence electrons. The molecule has 5 nitrogen and oxygen atoms in total. The number of pyridine rings is 4. The number of hydrogen-bond acceptors (Lipinski definition) is 5. The molecule has 0 atom stereocenters. The zero-order valence-electron chi connectivity index (χ0n) is 43.8. The van der Waals surface area contributed by atoms with Gasteiger partial charge in [-0.3, -0.25) is 15.0 Å². The van der Waals surface area contributed by atoms with E-state index in [0.717, 1.165) is 145 Å². The van der Waals surface area contributed by atoms with Crippen LogP contribution in [0.4, 0.5) is 0 Å². The molecular formula is C75H50N4O. The highest BCUT2D eigenvalue weighted by Gasteiger charge is 2.21. The van der Waals surface area contributed by atoms with Crippen molar-refractivity contribution in [2.45, 2.75) is 6.92 Å². The summed E-state index contributed by atoms with van der Waals surface area (Å²) in [4.78, 5) is 19.0. The van der Waals surface area contributed by atoms with Gasteiger partial charge in [-0.05, 0) is 169 Å². The average Bonchev–Trinajstić information content (AvgIpc) is 3.95. The standard InChI is InChI=1S/C75H50N4O/c1-49-28-38-69-68-40-43-78-73(74(68)80-75(69)79-49)57-37-39-67(70(48-57)56-19-15-18-55(44-56)50-16-3-2-4-17-50)66-25-10-9-24-65(66)60-46-58(63-22-7-5-20-61(63)51-29-33-53(34-30-51)71-26-11-13-41-76-71)45-59(47-60)64-23-8-6-21-62(64)52-31-35-54(36-32-52)72-27-12-14-42-77-72/h2-48H,1H3. The number of aryl methyl sites for hydroxylation is 1. The van der Waals surface area contributed by atoms with Crippen LogP contribution in [0.2, 0.25) is 0 Å². The summed E-state index contributed by atoms with van der Waals surface area (Å²) >= 11 is 0. The van der Waals surface area contributed by atoms with Gasteiger partial charge in [-0.1, -0.05) is 194 Å². The molecule has 9 aromatic carbocycles. The summed E-state index contributed by atoms with van der Waals surface area (Å²) in [5.74, 6) is 0. The second-order valence-corrected chi connectivity index (χ2v) is 20.2. The Kier molecular flexibility index (Phi) is 12.4. The highest BCUT2D eigenvalue weighted by Crippen LogP contribution is 2.46. The molecule has 5 aromatic heterocycles. The minimum absolute atomic E-state index is 0.611. The molecule has 0 fully saturated rings. The molecule has 0 saturated carbocycles. The van der Waals surface area contributed by atoms with Gasteiger partial charge in [-0.25, -0.2) is 4.98 Å². The van der Waals surface area contributed by atoms with E-state index in [1.165, 1.54) is 0 Å². The first-order valence-electron chi connectivity index (χ1n) is 27.0. The third kappa shape index (κ3) is 9.12. The van der Waals surface area contributed by atoms with E-state index < -0.39 is 0 Å². The second-order valence-electron chi connectivity index (χ2n) is 20.2. The van der Waals surface area contributed by atoms with E-state index in [2.05, 4.69) is 240 Å². The van der Waals surface area contributed by atoms with Gasteiger partial charge in [-0.2, -0.15) is 0 Å². The molecule has 0 spiro atoms. The SMILES string of the molecule is Cc1ccc2c(n1)oc1c(-c3ccc(-c4ccccc4-c4cc(-c5ccccc5-c5ccc(-c6ccccn6)cc5)cc(-c5ccccc5-c5ccc(-c6ccccn6)cc5)c4)c(-c4cccc(-c5ccccc5)c4)c3)nccc12. The van der Waals surface area contributed by atoms with Crippen molar-refractivity contribution >= 4 is 22.1 Å². The lowest BCUT2D eigenvalue weighted by molar-refractivity contribution is 0.652. The first-order chi connectivity index (χ1) is 39.6. The Morgan fingerprint density at radius 2 is 0.725 bits per heavy atom. The largest absolute Gasteiger partial charge is 0.435 e. The van der Waals surface area contributed by atoms with Gasteiger partial charge in [-0.15, -0.1) is 0 Å². The summed E-state index contributed by atoms with van der Waals surface area (Å²) in [6, 6.07) is 95.5. The minimum Gasteiger partial charge on any atom is -0.435 e. The highest BCUT2D eigenvalue weighted by molar-refractivity contribution is 6.08. The molecule has 0 saturated heterocycles. The van der Waals surface area contributed by atoms with Gasteiger partial charge in [0.2, 0.25) is 5.71 Å². The third-order valence-electron chi connectivity index (χ3n) is 15.2. The molecule has 0 radical (unpaired) electrons. The second kappa shape index (κ2) is 20.7. The van der Waals surface area contributed by atoms with Crippen LogP contribution >= 0.6 is 0 Å². The maximum absolute atomic E-state index is 6.57. The van der Waals surface area contributed by atoms with Crippen molar-refractivity contribution in [2.24, 2.45) is 0 Å². The van der Waals surface area contributed by atoms with Crippen molar-refractivity contribution in [3.8, 4) is 123 Å². The molecule has 0 aliphatic rings. The van der Waals surface area contributed by atoms with Crippen LogP contribution in [0.3, 0.4) is 0 Å². The van der Waals surface area contributed by atoms with Crippen molar-refractivity contribution in [3.05, 3.63) is 291 Å². The zero-order valence-corrected chi connectivity index (χ0v) is 43.8. The molecule has 0 unspecified atom stereocenters. The topological polar surface area (TPSA) is 64.7 Å². The van der Waals surface area contributed by atoms with Crippen LogP contribution in [0.5, 0.6) is 0 Å². The van der Waals surface area contributed by atoms with Crippen LogP contribution in [0.1, 0.15) is 5.69 Å². The van der Waals surface area contributed by atoms with E-state index in [1.807, 2.05) is 61.9 Å². The monoisotopic (exact) mass is 1020 g/mol. The van der Waals surface area contributed by atoms with Crippen LogP contribution in [0.25, 0.3) is 145 Å². The zero-order chi connectivity index (χ0) is 53.4. The van der Waals surface area contributed by atoms with Crippen molar-refractivity contribution < 1.29 is 4.42 Å². The number of rotatable bonds is 11. The van der Waals surface area contributed by atoms with Crippen molar-refractivity contribution in [3.63, 3.8) is 0 Å². The lowest BCUT2D eigenvalue weighted by Crippen LogP contribution is -1.94. The molecule has 14 rings (SSSR count). The Morgan fingerprint density at radius 1 is 0.263 bits per heavy atom. The van der Waals surface area contributed by atoms with Crippen LogP contribution in [-0.2, 0) is 0 Å². The molecule has 0 bridgehead atoms. The summed E-state index contributed by atoms with van der Waals surface area (Å²) in [6.45, 7) is 1.99. The summed E-state index contributed by atoms with van der Waals surface area (Å²) in [6.07, 6.45) is 5.56. The van der Waals surface area contributed by atoms with E-state index >= 15 is 0 Å². The summed E-state index contributed by atoms with van der Waals surface area (Å²) in [7, 11) is 0.